The predicted octanol–water partition coefficient (Wildman–Crippen LogP) is 2.55. The molecule has 0 aliphatic rings. The third kappa shape index (κ3) is 2.51. The Bertz CT molecular complexity index is 388. The number of hydrogen-bond acceptors (Lipinski definition) is 2. The Morgan fingerprint density at radius 3 is 3.00 bits per heavy atom. The average molecular weight is 209 g/mol. The summed E-state index contributed by atoms with van der Waals surface area (Å²) in [6, 6.07) is 5.06. The first-order valence-corrected chi connectivity index (χ1v) is 4.43. The maximum atomic E-state index is 10.7. The number of carbonyl (C=O) groups excluding carboxylic acids is 1. The van der Waals surface area contributed by atoms with Crippen molar-refractivity contribution in [2.45, 2.75) is 6.92 Å². The van der Waals surface area contributed by atoms with Crippen LogP contribution in [0.25, 0.3) is 0 Å². The van der Waals surface area contributed by atoms with Crippen LogP contribution in [0.3, 0.4) is 0 Å². The predicted molar refractivity (Wildman–Crippen MR) is 55.8 cm³/mol. The fraction of sp³-hybridized carbons (Fsp3) is 0.182. The molecule has 0 radical (unpaired) electrons. The van der Waals surface area contributed by atoms with Crippen LogP contribution in [0, 0.1) is 11.8 Å². The minimum Gasteiger partial charge on any atom is -0.480 e. The summed E-state index contributed by atoms with van der Waals surface area (Å²) in [5.74, 6) is 5.90. The zero-order valence-electron chi connectivity index (χ0n) is 7.71. The van der Waals surface area contributed by atoms with Crippen LogP contribution in [0.5, 0.6) is 5.75 Å². The zero-order chi connectivity index (χ0) is 10.4. The van der Waals surface area contributed by atoms with Crippen LogP contribution in [0.4, 0.5) is 0 Å². The summed E-state index contributed by atoms with van der Waals surface area (Å²) in [6.45, 7) is 1.99. The molecule has 0 saturated carbocycles. The van der Waals surface area contributed by atoms with E-state index in [-0.39, 0.29) is 6.61 Å². The van der Waals surface area contributed by atoms with Gasteiger partial charge in [-0.05, 0) is 19.1 Å². The van der Waals surface area contributed by atoms with E-state index in [1.165, 1.54) is 0 Å². The summed E-state index contributed by atoms with van der Waals surface area (Å²) in [5.41, 5.74) is 0.368. The van der Waals surface area contributed by atoms with Crippen molar-refractivity contribution in [1.82, 2.24) is 0 Å². The van der Waals surface area contributed by atoms with Gasteiger partial charge in [-0.3, -0.25) is 4.79 Å². The molecule has 3 heteroatoms. The lowest BCUT2D eigenvalue weighted by Gasteiger charge is -2.05. The highest BCUT2D eigenvalue weighted by Crippen LogP contribution is 2.24. The van der Waals surface area contributed by atoms with Gasteiger partial charge in [0, 0.05) is 0 Å². The number of halogens is 1. The van der Waals surface area contributed by atoms with Crippen molar-refractivity contribution >= 4 is 17.9 Å². The number of ether oxygens (including phenoxy) is 1. The summed E-state index contributed by atoms with van der Waals surface area (Å²) < 4.78 is 5.26. The Morgan fingerprint density at radius 1 is 1.57 bits per heavy atom. The monoisotopic (exact) mass is 208 g/mol. The normalized spacial score (nSPS) is 8.71. The van der Waals surface area contributed by atoms with Crippen molar-refractivity contribution in [2.24, 2.45) is 0 Å². The van der Waals surface area contributed by atoms with Gasteiger partial charge in [0.1, 0.15) is 12.4 Å². The summed E-state index contributed by atoms with van der Waals surface area (Å²) in [4.78, 5) is 10.7. The Labute approximate surface area is 87.8 Å². The first-order valence-electron chi connectivity index (χ1n) is 4.05. The smallest absolute Gasteiger partial charge is 0.155 e. The van der Waals surface area contributed by atoms with Gasteiger partial charge in [0.2, 0.25) is 0 Å². The molecule has 72 valence electrons. The largest absolute Gasteiger partial charge is 0.480 e. The highest BCUT2D eigenvalue weighted by atomic mass is 35.5. The number of aldehydes is 1. The number of hydrogen-bond donors (Lipinski definition) is 0. The van der Waals surface area contributed by atoms with Gasteiger partial charge in [-0.15, -0.1) is 5.92 Å². The minimum absolute atomic E-state index is 0.262. The summed E-state index contributed by atoms with van der Waals surface area (Å²) in [7, 11) is 0. The summed E-state index contributed by atoms with van der Waals surface area (Å²) >= 11 is 5.80. The molecule has 2 nitrogen and oxygen atoms in total. The van der Waals surface area contributed by atoms with Crippen LogP contribution in [-0.2, 0) is 0 Å². The van der Waals surface area contributed by atoms with Crippen molar-refractivity contribution in [3.63, 3.8) is 0 Å². The van der Waals surface area contributed by atoms with E-state index in [0.717, 1.165) is 0 Å². The quantitative estimate of drug-likeness (QED) is 0.564. The van der Waals surface area contributed by atoms with Crippen molar-refractivity contribution in [2.75, 3.05) is 6.61 Å². The van der Waals surface area contributed by atoms with Gasteiger partial charge in [-0.2, -0.15) is 0 Å². The van der Waals surface area contributed by atoms with Crippen LogP contribution in [0.15, 0.2) is 18.2 Å². The molecule has 0 N–H and O–H groups in total. The molecular formula is C11H9ClO2. The topological polar surface area (TPSA) is 26.3 Å². The zero-order valence-corrected chi connectivity index (χ0v) is 8.47. The first kappa shape index (κ1) is 10.6. The van der Waals surface area contributed by atoms with Crippen LogP contribution < -0.4 is 4.74 Å². The second-order valence-corrected chi connectivity index (χ2v) is 2.89. The molecule has 0 unspecified atom stereocenters. The molecule has 0 aliphatic carbocycles. The van der Waals surface area contributed by atoms with Crippen LogP contribution in [-0.4, -0.2) is 12.9 Å². The SMILES string of the molecule is CC#CCOc1cccc(Cl)c1C=O. The summed E-state index contributed by atoms with van der Waals surface area (Å²) in [6.07, 6.45) is 0.678. The molecule has 0 fully saturated rings. The molecule has 0 heterocycles. The van der Waals surface area contributed by atoms with E-state index in [4.69, 9.17) is 16.3 Å². The van der Waals surface area contributed by atoms with E-state index in [2.05, 4.69) is 11.8 Å². The van der Waals surface area contributed by atoms with Gasteiger partial charge in [-0.1, -0.05) is 23.6 Å². The van der Waals surface area contributed by atoms with Crippen molar-refractivity contribution in [3.8, 4) is 17.6 Å². The highest BCUT2D eigenvalue weighted by molar-refractivity contribution is 6.33. The second kappa shape index (κ2) is 5.31. The fourth-order valence-corrected chi connectivity index (χ4v) is 1.15. The van der Waals surface area contributed by atoms with Gasteiger partial charge in [0.15, 0.2) is 6.29 Å². The number of rotatable bonds is 3. The maximum absolute atomic E-state index is 10.7. The lowest BCUT2D eigenvalue weighted by molar-refractivity contribution is 0.112. The molecule has 14 heavy (non-hydrogen) atoms. The molecule has 0 aromatic heterocycles. The molecule has 1 aromatic rings. The second-order valence-electron chi connectivity index (χ2n) is 2.48. The van der Waals surface area contributed by atoms with Gasteiger partial charge < -0.3 is 4.74 Å². The lowest BCUT2D eigenvalue weighted by atomic mass is 10.2. The van der Waals surface area contributed by atoms with Crippen molar-refractivity contribution < 1.29 is 9.53 Å². The molecule has 0 saturated heterocycles. The first-order chi connectivity index (χ1) is 6.79. The standard InChI is InChI=1S/C11H9ClO2/c1-2-3-7-14-11-6-4-5-10(12)9(11)8-13/h4-6,8H,7H2,1H3. The molecule has 1 aromatic carbocycles. The third-order valence-corrected chi connectivity index (χ3v) is 1.94. The van der Waals surface area contributed by atoms with E-state index in [1.54, 1.807) is 25.1 Å². The van der Waals surface area contributed by atoms with Gasteiger partial charge in [-0.25, -0.2) is 0 Å². The molecule has 0 aliphatic heterocycles. The molecule has 1 rings (SSSR count). The van der Waals surface area contributed by atoms with E-state index >= 15 is 0 Å². The van der Waals surface area contributed by atoms with Crippen molar-refractivity contribution in [1.29, 1.82) is 0 Å². The molecule has 0 bridgehead atoms. The maximum Gasteiger partial charge on any atom is 0.155 e. The van der Waals surface area contributed by atoms with Gasteiger partial charge in [0.05, 0.1) is 10.6 Å². The number of benzene rings is 1. The average Bonchev–Trinajstić information content (AvgIpc) is 2.18. The number of carbonyl (C=O) groups is 1. The van der Waals surface area contributed by atoms with Gasteiger partial charge in [0.25, 0.3) is 0 Å². The Balaban J connectivity index is 2.88. The van der Waals surface area contributed by atoms with E-state index in [1.807, 2.05) is 0 Å². The van der Waals surface area contributed by atoms with Crippen molar-refractivity contribution in [3.05, 3.63) is 28.8 Å². The van der Waals surface area contributed by atoms with Gasteiger partial charge >= 0.3 is 0 Å². The summed E-state index contributed by atoms with van der Waals surface area (Å²) in [5, 5.41) is 0.391. The molecule has 0 spiro atoms. The molecule has 0 atom stereocenters. The van der Waals surface area contributed by atoms with Crippen LogP contribution in [0.1, 0.15) is 17.3 Å². The van der Waals surface area contributed by atoms with E-state index in [0.29, 0.717) is 22.6 Å². The Hall–Kier alpha value is -1.46. The Kier molecular flexibility index (Phi) is 4.03. The molecule has 0 amide bonds. The lowest BCUT2D eigenvalue weighted by Crippen LogP contribution is -1.97. The highest BCUT2D eigenvalue weighted by Gasteiger charge is 2.05. The van der Waals surface area contributed by atoms with E-state index < -0.39 is 0 Å². The van der Waals surface area contributed by atoms with Crippen LogP contribution in [0.2, 0.25) is 5.02 Å². The minimum atomic E-state index is 0.262. The third-order valence-electron chi connectivity index (χ3n) is 1.61. The Morgan fingerprint density at radius 2 is 2.36 bits per heavy atom. The van der Waals surface area contributed by atoms with E-state index in [9.17, 15) is 4.79 Å². The fourth-order valence-electron chi connectivity index (χ4n) is 0.943. The van der Waals surface area contributed by atoms with Crippen LogP contribution >= 0.6 is 11.6 Å². The molecular weight excluding hydrogens is 200 g/mol.